The minimum absolute atomic E-state index is 0.0446. The van der Waals surface area contributed by atoms with Gasteiger partial charge < -0.3 is 9.64 Å². The number of rotatable bonds is 6. The lowest BCUT2D eigenvalue weighted by Gasteiger charge is -2.30. The third-order valence-electron chi connectivity index (χ3n) is 7.03. The minimum Gasteiger partial charge on any atom is -0.496 e. The second kappa shape index (κ2) is 9.78. The zero-order valence-corrected chi connectivity index (χ0v) is 22.0. The Kier molecular flexibility index (Phi) is 6.49. The van der Waals surface area contributed by atoms with Gasteiger partial charge in [-0.1, -0.05) is 69.3 Å². The van der Waals surface area contributed by atoms with Crippen molar-refractivity contribution in [3.63, 3.8) is 0 Å². The molecule has 5 rings (SSSR count). The quantitative estimate of drug-likeness (QED) is 0.297. The Hall–Kier alpha value is -4.45. The molecule has 0 atom stereocenters. The molecule has 0 saturated heterocycles. The number of hydrogen-bond donors (Lipinski definition) is 0. The van der Waals surface area contributed by atoms with E-state index in [0.29, 0.717) is 33.5 Å². The molecular formula is C32H30N2O4. The van der Waals surface area contributed by atoms with Crippen LogP contribution in [0, 0.1) is 0 Å². The van der Waals surface area contributed by atoms with Gasteiger partial charge in [0.1, 0.15) is 5.75 Å². The van der Waals surface area contributed by atoms with Crippen molar-refractivity contribution in [2.75, 3.05) is 25.1 Å². The summed E-state index contributed by atoms with van der Waals surface area (Å²) >= 11 is 0. The first-order valence-electron chi connectivity index (χ1n) is 12.6. The Morgan fingerprint density at radius 3 is 2.00 bits per heavy atom. The number of ether oxygens (including phenoxy) is 1. The van der Waals surface area contributed by atoms with Crippen molar-refractivity contribution in [1.29, 1.82) is 0 Å². The smallest absolute Gasteiger partial charge is 0.262 e. The fourth-order valence-corrected chi connectivity index (χ4v) is 4.94. The number of methoxy groups -OCH3 is 1. The average Bonchev–Trinajstić information content (AvgIpc) is 2.93. The van der Waals surface area contributed by atoms with Crippen molar-refractivity contribution in [3.8, 4) is 5.75 Å². The first-order chi connectivity index (χ1) is 18.2. The summed E-state index contributed by atoms with van der Waals surface area (Å²) in [5, 5.41) is 1.54. The summed E-state index contributed by atoms with van der Waals surface area (Å²) in [7, 11) is 1.53. The summed E-state index contributed by atoms with van der Waals surface area (Å²) in [6.45, 7) is 6.56. The number of benzene rings is 4. The van der Waals surface area contributed by atoms with E-state index in [1.807, 2.05) is 48.5 Å². The van der Waals surface area contributed by atoms with Gasteiger partial charge in [-0.15, -0.1) is 0 Å². The molecule has 4 aromatic rings. The first-order valence-corrected chi connectivity index (χ1v) is 12.6. The second-order valence-electron chi connectivity index (χ2n) is 10.4. The van der Waals surface area contributed by atoms with Crippen LogP contribution in [-0.2, 0) is 5.41 Å². The number of amides is 3. The molecule has 0 aliphatic carbocycles. The number of anilines is 1. The van der Waals surface area contributed by atoms with E-state index in [1.54, 1.807) is 41.3 Å². The monoisotopic (exact) mass is 506 g/mol. The number of carbonyl (C=O) groups excluding carboxylic acids is 3. The van der Waals surface area contributed by atoms with Crippen LogP contribution in [0.15, 0.2) is 84.9 Å². The summed E-state index contributed by atoms with van der Waals surface area (Å²) in [5.74, 6) is -0.524. The SMILES string of the molecule is COc1ccccc1C(=O)N(CCN1C(=O)c2cccc3cccc(c23)C1=O)c1ccc(C(C)(C)C)cc1. The molecule has 3 amide bonds. The summed E-state index contributed by atoms with van der Waals surface area (Å²) in [6, 6.07) is 25.8. The third-order valence-corrected chi connectivity index (χ3v) is 7.03. The van der Waals surface area contributed by atoms with Crippen molar-refractivity contribution in [2.24, 2.45) is 0 Å². The molecule has 0 N–H and O–H groups in total. The molecule has 1 heterocycles. The van der Waals surface area contributed by atoms with Gasteiger partial charge in [-0.3, -0.25) is 19.3 Å². The molecule has 6 heteroatoms. The highest BCUT2D eigenvalue weighted by Gasteiger charge is 2.33. The molecule has 1 aliphatic heterocycles. The van der Waals surface area contributed by atoms with Crippen LogP contribution in [0.1, 0.15) is 57.4 Å². The van der Waals surface area contributed by atoms with E-state index in [4.69, 9.17) is 4.74 Å². The van der Waals surface area contributed by atoms with Crippen molar-refractivity contribution < 1.29 is 19.1 Å². The Balaban J connectivity index is 1.49. The van der Waals surface area contributed by atoms with Gasteiger partial charge >= 0.3 is 0 Å². The lowest BCUT2D eigenvalue weighted by atomic mass is 9.87. The zero-order valence-electron chi connectivity index (χ0n) is 22.0. The number of nitrogens with zero attached hydrogens (tertiary/aromatic N) is 2. The Morgan fingerprint density at radius 2 is 1.42 bits per heavy atom. The maximum atomic E-state index is 13.9. The molecule has 0 unspecified atom stereocenters. The molecule has 38 heavy (non-hydrogen) atoms. The first kappa shape index (κ1) is 25.2. The molecule has 0 radical (unpaired) electrons. The van der Waals surface area contributed by atoms with E-state index in [2.05, 4.69) is 20.8 Å². The minimum atomic E-state index is -0.355. The lowest BCUT2D eigenvalue weighted by Crippen LogP contribution is -2.46. The van der Waals surface area contributed by atoms with Gasteiger partial charge in [0.2, 0.25) is 0 Å². The van der Waals surface area contributed by atoms with Gasteiger partial charge in [-0.2, -0.15) is 0 Å². The molecule has 1 aliphatic rings. The number of carbonyl (C=O) groups is 3. The van der Waals surface area contributed by atoms with Crippen LogP contribution >= 0.6 is 0 Å². The predicted octanol–water partition coefficient (Wildman–Crippen LogP) is 6.09. The van der Waals surface area contributed by atoms with E-state index in [1.165, 1.54) is 12.0 Å². The topological polar surface area (TPSA) is 66.9 Å². The highest BCUT2D eigenvalue weighted by Crippen LogP contribution is 2.31. The van der Waals surface area contributed by atoms with Crippen molar-refractivity contribution in [2.45, 2.75) is 26.2 Å². The lowest BCUT2D eigenvalue weighted by molar-refractivity contribution is 0.0611. The van der Waals surface area contributed by atoms with Crippen LogP contribution in [0.5, 0.6) is 5.75 Å². The van der Waals surface area contributed by atoms with Crippen LogP contribution in [0.4, 0.5) is 5.69 Å². The highest BCUT2D eigenvalue weighted by atomic mass is 16.5. The van der Waals surface area contributed by atoms with E-state index in [0.717, 1.165) is 10.9 Å². The normalized spacial score (nSPS) is 13.1. The molecular weight excluding hydrogens is 476 g/mol. The Bertz CT molecular complexity index is 1500. The molecule has 0 spiro atoms. The van der Waals surface area contributed by atoms with Crippen LogP contribution in [0.3, 0.4) is 0 Å². The molecule has 0 saturated carbocycles. The van der Waals surface area contributed by atoms with Gasteiger partial charge in [-0.25, -0.2) is 0 Å². The van der Waals surface area contributed by atoms with Gasteiger partial charge in [0.25, 0.3) is 17.7 Å². The fourth-order valence-electron chi connectivity index (χ4n) is 4.94. The van der Waals surface area contributed by atoms with Crippen molar-refractivity contribution in [1.82, 2.24) is 4.90 Å². The molecule has 0 bridgehead atoms. The largest absolute Gasteiger partial charge is 0.496 e. The van der Waals surface area contributed by atoms with E-state index in [-0.39, 0.29) is 36.2 Å². The summed E-state index contributed by atoms with van der Waals surface area (Å²) in [5.41, 5.74) is 3.16. The summed E-state index contributed by atoms with van der Waals surface area (Å²) < 4.78 is 5.45. The second-order valence-corrected chi connectivity index (χ2v) is 10.4. The highest BCUT2D eigenvalue weighted by molar-refractivity contribution is 6.25. The maximum Gasteiger partial charge on any atom is 0.262 e. The maximum absolute atomic E-state index is 13.9. The fraction of sp³-hybridized carbons (Fsp3) is 0.219. The van der Waals surface area contributed by atoms with E-state index >= 15 is 0 Å². The van der Waals surface area contributed by atoms with Crippen molar-refractivity contribution >= 4 is 34.2 Å². The van der Waals surface area contributed by atoms with Crippen LogP contribution in [0.2, 0.25) is 0 Å². The van der Waals surface area contributed by atoms with E-state index < -0.39 is 0 Å². The number of hydrogen-bond acceptors (Lipinski definition) is 4. The van der Waals surface area contributed by atoms with Gasteiger partial charge in [0.15, 0.2) is 0 Å². The number of para-hydroxylation sites is 1. The molecule has 4 aromatic carbocycles. The Morgan fingerprint density at radius 1 is 0.816 bits per heavy atom. The third kappa shape index (κ3) is 4.43. The number of imide groups is 1. The molecule has 192 valence electrons. The summed E-state index contributed by atoms with van der Waals surface area (Å²) in [6.07, 6.45) is 0. The van der Waals surface area contributed by atoms with Gasteiger partial charge in [-0.05, 0) is 52.8 Å². The van der Waals surface area contributed by atoms with Gasteiger partial charge in [0, 0.05) is 35.3 Å². The van der Waals surface area contributed by atoms with Gasteiger partial charge in [0.05, 0.1) is 12.7 Å². The molecule has 6 nitrogen and oxygen atoms in total. The standard InChI is InChI=1S/C32H30N2O4/c1-32(2,3)22-15-17-23(18-16-22)33(29(35)24-11-5-6-14-27(24)38-4)19-20-34-30(36)25-12-7-9-21-10-8-13-26(28(21)25)31(34)37/h5-18H,19-20H2,1-4H3. The van der Waals surface area contributed by atoms with E-state index in [9.17, 15) is 14.4 Å². The van der Waals surface area contributed by atoms with Crippen molar-refractivity contribution in [3.05, 3.63) is 107 Å². The van der Waals surface area contributed by atoms with Crippen LogP contribution in [0.25, 0.3) is 10.8 Å². The van der Waals surface area contributed by atoms with Crippen LogP contribution in [-0.4, -0.2) is 42.8 Å². The molecule has 0 aromatic heterocycles. The average molecular weight is 507 g/mol. The zero-order chi connectivity index (χ0) is 27.0. The molecule has 0 fully saturated rings. The summed E-state index contributed by atoms with van der Waals surface area (Å²) in [4.78, 5) is 43.6. The predicted molar refractivity (Wildman–Crippen MR) is 149 cm³/mol. The Labute approximate surface area is 222 Å². The van der Waals surface area contributed by atoms with Crippen LogP contribution < -0.4 is 9.64 Å².